The Morgan fingerprint density at radius 1 is 1.26 bits per heavy atom. The Kier molecular flexibility index (Phi) is 7.29. The van der Waals surface area contributed by atoms with Crippen LogP contribution in [0.4, 0.5) is 0 Å². The van der Waals surface area contributed by atoms with Crippen LogP contribution in [0.1, 0.15) is 26.7 Å². The summed E-state index contributed by atoms with van der Waals surface area (Å²) in [6.07, 6.45) is 2.46. The van der Waals surface area contributed by atoms with Crippen molar-refractivity contribution in [3.8, 4) is 0 Å². The Bertz CT molecular complexity index is 234. The predicted molar refractivity (Wildman–Crippen MR) is 81.7 cm³/mol. The molecule has 1 N–H and O–H groups in total. The van der Waals surface area contributed by atoms with E-state index < -0.39 is 0 Å². The lowest BCUT2D eigenvalue weighted by Crippen LogP contribution is -2.51. The molecule has 4 heteroatoms. The van der Waals surface area contributed by atoms with Gasteiger partial charge in [0.2, 0.25) is 0 Å². The van der Waals surface area contributed by atoms with Gasteiger partial charge in [0.05, 0.1) is 6.61 Å². The molecule has 4 nitrogen and oxygen atoms in total. The smallest absolute Gasteiger partial charge is 0.0531 e. The third kappa shape index (κ3) is 5.38. The lowest BCUT2D eigenvalue weighted by atomic mass is 9.79. The van der Waals surface area contributed by atoms with Crippen molar-refractivity contribution < 1.29 is 4.74 Å². The van der Waals surface area contributed by atoms with E-state index in [1.54, 1.807) is 0 Å². The van der Waals surface area contributed by atoms with E-state index in [1.807, 2.05) is 7.11 Å². The maximum atomic E-state index is 5.53. The SMILES string of the molecule is CCN(CC1(COC)CCNCC1)C(C)CN(C)C. The second-order valence-corrected chi connectivity index (χ2v) is 6.36. The van der Waals surface area contributed by atoms with Crippen molar-refractivity contribution >= 4 is 0 Å². The van der Waals surface area contributed by atoms with E-state index in [4.69, 9.17) is 4.74 Å². The normalized spacial score (nSPS) is 21.0. The molecule has 0 aliphatic carbocycles. The van der Waals surface area contributed by atoms with Crippen LogP contribution in [0.2, 0.25) is 0 Å². The maximum absolute atomic E-state index is 5.53. The van der Waals surface area contributed by atoms with Gasteiger partial charge in [0.1, 0.15) is 0 Å². The minimum absolute atomic E-state index is 0.344. The fraction of sp³-hybridized carbons (Fsp3) is 1.00. The quantitative estimate of drug-likeness (QED) is 0.720. The Morgan fingerprint density at radius 3 is 2.37 bits per heavy atom. The maximum Gasteiger partial charge on any atom is 0.0531 e. The highest BCUT2D eigenvalue weighted by atomic mass is 16.5. The number of ether oxygens (including phenoxy) is 1. The van der Waals surface area contributed by atoms with Crippen LogP contribution in [-0.2, 0) is 4.74 Å². The average molecular weight is 271 g/mol. The van der Waals surface area contributed by atoms with E-state index in [2.05, 4.69) is 43.1 Å². The fourth-order valence-corrected chi connectivity index (χ4v) is 3.27. The first-order valence-corrected chi connectivity index (χ1v) is 7.61. The molecule has 0 amide bonds. The molecule has 1 saturated heterocycles. The molecule has 1 unspecified atom stereocenters. The van der Waals surface area contributed by atoms with Crippen LogP contribution in [0.5, 0.6) is 0 Å². The van der Waals surface area contributed by atoms with E-state index in [1.165, 1.54) is 12.8 Å². The van der Waals surface area contributed by atoms with Crippen LogP contribution >= 0.6 is 0 Å². The van der Waals surface area contributed by atoms with E-state index in [9.17, 15) is 0 Å². The van der Waals surface area contributed by atoms with Gasteiger partial charge in [0, 0.05) is 31.7 Å². The van der Waals surface area contributed by atoms with Gasteiger partial charge >= 0.3 is 0 Å². The highest BCUT2D eigenvalue weighted by molar-refractivity contribution is 4.88. The summed E-state index contributed by atoms with van der Waals surface area (Å²) in [5.41, 5.74) is 0.344. The summed E-state index contributed by atoms with van der Waals surface area (Å²) in [7, 11) is 6.14. The number of hydrogen-bond donors (Lipinski definition) is 1. The molecule has 1 rings (SSSR count). The second-order valence-electron chi connectivity index (χ2n) is 6.36. The van der Waals surface area contributed by atoms with Crippen molar-refractivity contribution in [1.29, 1.82) is 0 Å². The largest absolute Gasteiger partial charge is 0.384 e. The van der Waals surface area contributed by atoms with Crippen LogP contribution in [0, 0.1) is 5.41 Å². The molecule has 1 aliphatic heterocycles. The summed E-state index contributed by atoms with van der Waals surface area (Å²) in [5.74, 6) is 0. The monoisotopic (exact) mass is 271 g/mol. The molecule has 0 aromatic rings. The molecule has 1 aliphatic rings. The summed E-state index contributed by atoms with van der Waals surface area (Å²) in [5, 5.41) is 3.47. The molecule has 1 fully saturated rings. The first kappa shape index (κ1) is 16.9. The predicted octanol–water partition coefficient (Wildman–Crippen LogP) is 1.27. The Morgan fingerprint density at radius 2 is 1.89 bits per heavy atom. The summed E-state index contributed by atoms with van der Waals surface area (Å²) < 4.78 is 5.53. The van der Waals surface area contributed by atoms with Crippen LogP contribution in [0.25, 0.3) is 0 Å². The third-order valence-corrected chi connectivity index (χ3v) is 4.31. The van der Waals surface area contributed by atoms with Crippen LogP contribution < -0.4 is 5.32 Å². The van der Waals surface area contributed by atoms with Crippen molar-refractivity contribution in [2.75, 3.05) is 60.5 Å². The highest BCUT2D eigenvalue weighted by Crippen LogP contribution is 2.30. The van der Waals surface area contributed by atoms with Gasteiger partial charge in [-0.25, -0.2) is 0 Å². The number of rotatable bonds is 8. The van der Waals surface area contributed by atoms with E-state index in [0.29, 0.717) is 11.5 Å². The zero-order chi connectivity index (χ0) is 14.3. The van der Waals surface area contributed by atoms with Gasteiger partial charge < -0.3 is 15.0 Å². The number of nitrogens with zero attached hydrogens (tertiary/aromatic N) is 2. The van der Waals surface area contributed by atoms with E-state index in [-0.39, 0.29) is 0 Å². The number of likely N-dealkylation sites (N-methyl/N-ethyl adjacent to an activating group) is 2. The molecule has 0 saturated carbocycles. The molecule has 114 valence electrons. The standard InChI is InChI=1S/C15H33N3O/c1-6-18(14(2)11-17(3)4)12-15(13-19-5)7-9-16-10-8-15/h14,16H,6-13H2,1-5H3. The van der Waals surface area contributed by atoms with Crippen molar-refractivity contribution in [1.82, 2.24) is 15.1 Å². The molecule has 0 bridgehead atoms. The number of methoxy groups -OCH3 is 1. The Hall–Kier alpha value is -0.160. The number of nitrogens with one attached hydrogen (secondary N) is 1. The van der Waals surface area contributed by atoms with Gasteiger partial charge in [-0.2, -0.15) is 0 Å². The average Bonchev–Trinajstić information content (AvgIpc) is 2.36. The van der Waals surface area contributed by atoms with Gasteiger partial charge in [0.15, 0.2) is 0 Å². The minimum Gasteiger partial charge on any atom is -0.384 e. The summed E-state index contributed by atoms with van der Waals surface area (Å²) in [6.45, 7) is 11.2. The molecule has 19 heavy (non-hydrogen) atoms. The summed E-state index contributed by atoms with van der Waals surface area (Å²) >= 11 is 0. The number of hydrogen-bond acceptors (Lipinski definition) is 4. The molecule has 0 aromatic carbocycles. The Labute approximate surface area is 119 Å². The third-order valence-electron chi connectivity index (χ3n) is 4.31. The molecule has 1 heterocycles. The molecule has 0 aromatic heterocycles. The first-order valence-electron chi connectivity index (χ1n) is 7.61. The molecule has 0 spiro atoms. The van der Waals surface area contributed by atoms with Crippen molar-refractivity contribution in [3.05, 3.63) is 0 Å². The summed E-state index contributed by atoms with van der Waals surface area (Å²) in [6, 6.07) is 0.601. The van der Waals surface area contributed by atoms with Crippen LogP contribution in [0.15, 0.2) is 0 Å². The van der Waals surface area contributed by atoms with Crippen LogP contribution in [-0.4, -0.2) is 76.4 Å². The van der Waals surface area contributed by atoms with Crippen molar-refractivity contribution in [2.24, 2.45) is 5.41 Å². The molecular formula is C15H33N3O. The Balaban J connectivity index is 2.63. The van der Waals surface area contributed by atoms with E-state index >= 15 is 0 Å². The zero-order valence-electron chi connectivity index (χ0n) is 13.5. The van der Waals surface area contributed by atoms with Crippen molar-refractivity contribution in [3.63, 3.8) is 0 Å². The van der Waals surface area contributed by atoms with E-state index in [0.717, 1.165) is 39.3 Å². The second kappa shape index (κ2) is 8.20. The highest BCUT2D eigenvalue weighted by Gasteiger charge is 2.34. The van der Waals surface area contributed by atoms with Gasteiger partial charge in [-0.3, -0.25) is 4.90 Å². The molecule has 0 radical (unpaired) electrons. The van der Waals surface area contributed by atoms with Gasteiger partial charge in [-0.05, 0) is 53.5 Å². The number of piperidine rings is 1. The fourth-order valence-electron chi connectivity index (χ4n) is 3.27. The molecule has 1 atom stereocenters. The van der Waals surface area contributed by atoms with Gasteiger partial charge in [-0.15, -0.1) is 0 Å². The van der Waals surface area contributed by atoms with Crippen molar-refractivity contribution in [2.45, 2.75) is 32.7 Å². The lowest BCUT2D eigenvalue weighted by molar-refractivity contribution is 0.0111. The minimum atomic E-state index is 0.344. The first-order chi connectivity index (χ1) is 9.03. The van der Waals surface area contributed by atoms with Gasteiger partial charge in [0.25, 0.3) is 0 Å². The topological polar surface area (TPSA) is 27.7 Å². The van der Waals surface area contributed by atoms with Gasteiger partial charge in [-0.1, -0.05) is 6.92 Å². The molecular weight excluding hydrogens is 238 g/mol. The summed E-state index contributed by atoms with van der Waals surface area (Å²) in [4.78, 5) is 4.89. The zero-order valence-corrected chi connectivity index (χ0v) is 13.5. The lowest BCUT2D eigenvalue weighted by Gasteiger charge is -2.43. The van der Waals surface area contributed by atoms with Crippen LogP contribution in [0.3, 0.4) is 0 Å².